The Hall–Kier alpha value is -1.43. The van der Waals surface area contributed by atoms with Gasteiger partial charge in [0.05, 0.1) is 5.01 Å². The van der Waals surface area contributed by atoms with E-state index in [1.54, 1.807) is 10.3 Å². The molecule has 1 saturated carbocycles. The van der Waals surface area contributed by atoms with Crippen molar-refractivity contribution >= 4 is 23.2 Å². The fourth-order valence-electron chi connectivity index (χ4n) is 3.57. The second-order valence-electron chi connectivity index (χ2n) is 5.67. The minimum absolute atomic E-state index is 0.0827. The van der Waals surface area contributed by atoms with E-state index in [0.717, 1.165) is 30.7 Å². The average molecular weight is 294 g/mol. The predicted molar refractivity (Wildman–Crippen MR) is 74.8 cm³/mol. The van der Waals surface area contributed by atoms with Crippen molar-refractivity contribution in [3.05, 3.63) is 16.1 Å². The smallest absolute Gasteiger partial charge is 0.326 e. The van der Waals surface area contributed by atoms with Gasteiger partial charge in [0.1, 0.15) is 11.7 Å². The molecule has 6 heteroatoms. The number of likely N-dealkylation sites (tertiary alicyclic amines) is 1. The highest BCUT2D eigenvalue weighted by molar-refractivity contribution is 7.09. The number of hydrogen-bond acceptors (Lipinski definition) is 4. The number of carboxylic acids is 1. The van der Waals surface area contributed by atoms with Crippen molar-refractivity contribution in [2.45, 2.75) is 51.1 Å². The highest BCUT2D eigenvalue weighted by Gasteiger charge is 2.48. The summed E-state index contributed by atoms with van der Waals surface area (Å²) in [5.41, 5.74) is 0.393. The Balaban J connectivity index is 1.90. The Bertz CT molecular complexity index is 542. The molecule has 0 bridgehead atoms. The summed E-state index contributed by atoms with van der Waals surface area (Å²) in [5.74, 6) is -0.760. The van der Waals surface area contributed by atoms with Crippen molar-refractivity contribution in [2.75, 3.05) is 0 Å². The van der Waals surface area contributed by atoms with Crippen LogP contribution in [0.25, 0.3) is 0 Å². The first-order valence-corrected chi connectivity index (χ1v) is 7.93. The van der Waals surface area contributed by atoms with Crippen LogP contribution in [0.5, 0.6) is 0 Å². The number of fused-ring (bicyclic) bond motifs is 1. The molecule has 1 aromatic rings. The normalized spacial score (nSPS) is 29.2. The minimum Gasteiger partial charge on any atom is -0.480 e. The zero-order valence-corrected chi connectivity index (χ0v) is 12.2. The van der Waals surface area contributed by atoms with Gasteiger partial charge in [0.25, 0.3) is 5.91 Å². The van der Waals surface area contributed by atoms with Gasteiger partial charge in [0, 0.05) is 11.4 Å². The van der Waals surface area contributed by atoms with E-state index in [1.807, 2.05) is 6.92 Å². The summed E-state index contributed by atoms with van der Waals surface area (Å²) in [6, 6.07) is -0.600. The summed E-state index contributed by atoms with van der Waals surface area (Å²) < 4.78 is 0. The Morgan fingerprint density at radius 1 is 1.40 bits per heavy atom. The highest BCUT2D eigenvalue weighted by Crippen LogP contribution is 2.40. The molecule has 1 aliphatic carbocycles. The van der Waals surface area contributed by atoms with Crippen molar-refractivity contribution in [2.24, 2.45) is 5.92 Å². The van der Waals surface area contributed by atoms with Crippen LogP contribution in [0.2, 0.25) is 0 Å². The molecule has 3 rings (SSSR count). The number of carboxylic acid groups (broad SMARTS) is 1. The van der Waals surface area contributed by atoms with E-state index in [0.29, 0.717) is 18.0 Å². The number of aliphatic carboxylic acids is 1. The van der Waals surface area contributed by atoms with Crippen LogP contribution in [0.1, 0.15) is 47.6 Å². The fraction of sp³-hybridized carbons (Fsp3) is 0.643. The molecule has 2 fully saturated rings. The van der Waals surface area contributed by atoms with Crippen LogP contribution in [0.15, 0.2) is 5.38 Å². The first kappa shape index (κ1) is 13.5. The summed E-state index contributed by atoms with van der Waals surface area (Å²) in [5, 5.41) is 12.0. The van der Waals surface area contributed by atoms with E-state index in [2.05, 4.69) is 4.98 Å². The standard InChI is InChI=1S/C14H18N2O3S/c1-8-15-10(7-20-8)13(17)16-11-5-3-2-4-9(11)6-12(16)14(18)19/h7,9,11-12H,2-6H2,1H3,(H,18,19). The van der Waals surface area contributed by atoms with Crippen LogP contribution in [-0.4, -0.2) is 39.0 Å². The molecular weight excluding hydrogens is 276 g/mol. The van der Waals surface area contributed by atoms with Gasteiger partial charge in [-0.3, -0.25) is 4.79 Å². The van der Waals surface area contributed by atoms with Gasteiger partial charge in [-0.05, 0) is 32.1 Å². The second-order valence-corrected chi connectivity index (χ2v) is 6.73. The summed E-state index contributed by atoms with van der Waals surface area (Å²) >= 11 is 1.42. The molecule has 1 aromatic heterocycles. The number of aryl methyl sites for hydroxylation is 1. The Morgan fingerprint density at radius 3 is 2.80 bits per heavy atom. The van der Waals surface area contributed by atoms with E-state index >= 15 is 0 Å². The van der Waals surface area contributed by atoms with Gasteiger partial charge in [-0.25, -0.2) is 9.78 Å². The number of thiazole rings is 1. The largest absolute Gasteiger partial charge is 0.480 e. The third-order valence-electron chi connectivity index (χ3n) is 4.45. The maximum Gasteiger partial charge on any atom is 0.326 e. The number of carbonyl (C=O) groups excluding carboxylic acids is 1. The van der Waals surface area contributed by atoms with Crippen LogP contribution in [0, 0.1) is 12.8 Å². The van der Waals surface area contributed by atoms with Crippen LogP contribution in [0.4, 0.5) is 0 Å². The molecule has 1 saturated heterocycles. The summed E-state index contributed by atoms with van der Waals surface area (Å²) in [4.78, 5) is 29.9. The van der Waals surface area contributed by atoms with Gasteiger partial charge in [0.2, 0.25) is 0 Å². The summed E-state index contributed by atoms with van der Waals surface area (Å²) in [6.45, 7) is 1.85. The third-order valence-corrected chi connectivity index (χ3v) is 5.22. The van der Waals surface area contributed by atoms with E-state index < -0.39 is 12.0 Å². The Morgan fingerprint density at radius 2 is 2.15 bits per heavy atom. The molecule has 1 aliphatic heterocycles. The van der Waals surface area contributed by atoms with Crippen molar-refractivity contribution in [1.82, 2.24) is 9.88 Å². The monoisotopic (exact) mass is 294 g/mol. The zero-order chi connectivity index (χ0) is 14.3. The lowest BCUT2D eigenvalue weighted by Gasteiger charge is -2.32. The van der Waals surface area contributed by atoms with Crippen molar-refractivity contribution in [3.63, 3.8) is 0 Å². The van der Waals surface area contributed by atoms with E-state index in [9.17, 15) is 14.7 Å². The van der Waals surface area contributed by atoms with Crippen LogP contribution < -0.4 is 0 Å². The molecule has 0 spiro atoms. The highest BCUT2D eigenvalue weighted by atomic mass is 32.1. The maximum absolute atomic E-state index is 12.6. The van der Waals surface area contributed by atoms with E-state index in [4.69, 9.17) is 0 Å². The SMILES string of the molecule is Cc1nc(C(=O)N2C(C(=O)O)CC3CCCCC32)cs1. The van der Waals surface area contributed by atoms with Gasteiger partial charge in [-0.1, -0.05) is 12.8 Å². The topological polar surface area (TPSA) is 70.5 Å². The lowest BCUT2D eigenvalue weighted by atomic mass is 9.84. The molecule has 2 aliphatic rings. The van der Waals surface area contributed by atoms with E-state index in [1.165, 1.54) is 11.3 Å². The van der Waals surface area contributed by atoms with Gasteiger partial charge in [-0.15, -0.1) is 11.3 Å². The number of carbonyl (C=O) groups is 2. The summed E-state index contributed by atoms with van der Waals surface area (Å²) in [7, 11) is 0. The fourth-order valence-corrected chi connectivity index (χ4v) is 4.15. The van der Waals surface area contributed by atoms with Crippen molar-refractivity contribution in [3.8, 4) is 0 Å². The van der Waals surface area contributed by atoms with Crippen LogP contribution in [-0.2, 0) is 4.79 Å². The van der Waals surface area contributed by atoms with Crippen LogP contribution >= 0.6 is 11.3 Å². The lowest BCUT2D eigenvalue weighted by Crippen LogP contribution is -2.46. The number of aromatic nitrogens is 1. The van der Waals surface area contributed by atoms with Gasteiger partial charge >= 0.3 is 5.97 Å². The van der Waals surface area contributed by atoms with Crippen molar-refractivity contribution in [1.29, 1.82) is 0 Å². The first-order chi connectivity index (χ1) is 9.58. The number of rotatable bonds is 2. The van der Waals surface area contributed by atoms with Gasteiger partial charge in [-0.2, -0.15) is 0 Å². The first-order valence-electron chi connectivity index (χ1n) is 7.05. The Kier molecular flexibility index (Phi) is 3.50. The summed E-state index contributed by atoms with van der Waals surface area (Å²) in [6.07, 6.45) is 4.77. The minimum atomic E-state index is -0.889. The molecule has 0 radical (unpaired) electrons. The maximum atomic E-state index is 12.6. The zero-order valence-electron chi connectivity index (χ0n) is 11.4. The molecule has 1 amide bonds. The third kappa shape index (κ3) is 2.22. The molecule has 3 atom stereocenters. The lowest BCUT2D eigenvalue weighted by molar-refractivity contribution is -0.141. The van der Waals surface area contributed by atoms with Crippen molar-refractivity contribution < 1.29 is 14.7 Å². The quantitative estimate of drug-likeness (QED) is 0.908. The number of hydrogen-bond donors (Lipinski definition) is 1. The van der Waals surface area contributed by atoms with Crippen LogP contribution in [0.3, 0.4) is 0 Å². The molecule has 5 nitrogen and oxygen atoms in total. The van der Waals surface area contributed by atoms with E-state index in [-0.39, 0.29) is 11.9 Å². The molecule has 108 valence electrons. The number of amides is 1. The second kappa shape index (κ2) is 5.16. The molecule has 20 heavy (non-hydrogen) atoms. The average Bonchev–Trinajstić information content (AvgIpc) is 3.01. The number of nitrogens with zero attached hydrogens (tertiary/aromatic N) is 2. The molecule has 1 N–H and O–H groups in total. The van der Waals surface area contributed by atoms with Gasteiger partial charge < -0.3 is 10.0 Å². The molecule has 3 unspecified atom stereocenters. The van der Waals surface area contributed by atoms with Gasteiger partial charge in [0.15, 0.2) is 0 Å². The molecular formula is C14H18N2O3S. The Labute approximate surface area is 121 Å². The molecule has 2 heterocycles. The predicted octanol–water partition coefficient (Wildman–Crippen LogP) is 2.31. The molecule has 0 aromatic carbocycles.